The van der Waals surface area contributed by atoms with Crippen molar-refractivity contribution in [1.82, 2.24) is 14.8 Å². The average molecular weight is 386 g/mol. The van der Waals surface area contributed by atoms with Gasteiger partial charge in [0.25, 0.3) is 0 Å². The molecule has 1 unspecified atom stereocenters. The molecule has 2 amide bonds. The van der Waals surface area contributed by atoms with Crippen LogP contribution in [0.15, 0.2) is 24.5 Å². The van der Waals surface area contributed by atoms with Crippen LogP contribution in [0.25, 0.3) is 0 Å². The number of piperidine rings is 1. The van der Waals surface area contributed by atoms with E-state index < -0.39 is 0 Å². The molecule has 6 heteroatoms. The van der Waals surface area contributed by atoms with E-state index in [9.17, 15) is 9.59 Å². The maximum absolute atomic E-state index is 13.1. The molecule has 2 aliphatic heterocycles. The van der Waals surface area contributed by atoms with Gasteiger partial charge in [0.15, 0.2) is 0 Å². The predicted molar refractivity (Wildman–Crippen MR) is 105 cm³/mol. The second-order valence-corrected chi connectivity index (χ2v) is 8.54. The van der Waals surface area contributed by atoms with Crippen LogP contribution < -0.4 is 0 Å². The average Bonchev–Trinajstić information content (AvgIpc) is 3.46. The van der Waals surface area contributed by atoms with Gasteiger partial charge in [0, 0.05) is 63.6 Å². The lowest BCUT2D eigenvalue weighted by Crippen LogP contribution is -2.44. The van der Waals surface area contributed by atoms with Crippen molar-refractivity contribution in [1.29, 1.82) is 0 Å². The number of likely N-dealkylation sites (tertiary alicyclic amines) is 1. The highest BCUT2D eigenvalue weighted by molar-refractivity contribution is 5.83. The Morgan fingerprint density at radius 2 is 1.89 bits per heavy atom. The van der Waals surface area contributed by atoms with Crippen LogP contribution in [0, 0.1) is 17.3 Å². The molecule has 1 aromatic heterocycles. The first-order chi connectivity index (χ1) is 13.6. The molecule has 0 radical (unpaired) electrons. The van der Waals surface area contributed by atoms with Crippen LogP contribution in [0.5, 0.6) is 0 Å². The van der Waals surface area contributed by atoms with Gasteiger partial charge in [0.2, 0.25) is 11.8 Å². The Morgan fingerprint density at radius 1 is 1.21 bits per heavy atom. The summed E-state index contributed by atoms with van der Waals surface area (Å²) in [5.41, 5.74) is 1.26. The SMILES string of the molecule is CCN(Cc1ccncc1)C(=O)C1CC12CCN(C(=O)C1CCOCC1)CC2. The van der Waals surface area contributed by atoms with Gasteiger partial charge in [0.1, 0.15) is 0 Å². The molecule has 28 heavy (non-hydrogen) atoms. The summed E-state index contributed by atoms with van der Waals surface area (Å²) in [4.78, 5) is 33.9. The summed E-state index contributed by atoms with van der Waals surface area (Å²) < 4.78 is 5.38. The number of amides is 2. The highest BCUT2D eigenvalue weighted by atomic mass is 16.5. The van der Waals surface area contributed by atoms with Gasteiger partial charge in [-0.05, 0) is 62.1 Å². The minimum Gasteiger partial charge on any atom is -0.381 e. The smallest absolute Gasteiger partial charge is 0.226 e. The number of carbonyl (C=O) groups excluding carboxylic acids is 2. The molecule has 152 valence electrons. The molecule has 4 rings (SSSR count). The predicted octanol–water partition coefficient (Wildman–Crippen LogP) is 2.49. The molecule has 0 N–H and O–H groups in total. The molecule has 1 aliphatic carbocycles. The number of nitrogens with zero attached hydrogens (tertiary/aromatic N) is 3. The quantitative estimate of drug-likeness (QED) is 0.781. The Balaban J connectivity index is 1.31. The fraction of sp³-hybridized carbons (Fsp3) is 0.682. The fourth-order valence-electron chi connectivity index (χ4n) is 4.90. The molecule has 1 atom stereocenters. The van der Waals surface area contributed by atoms with E-state index in [0.29, 0.717) is 25.7 Å². The zero-order valence-corrected chi connectivity index (χ0v) is 16.8. The van der Waals surface area contributed by atoms with Crippen LogP contribution in [0.3, 0.4) is 0 Å². The fourth-order valence-corrected chi connectivity index (χ4v) is 4.90. The minimum absolute atomic E-state index is 0.134. The summed E-state index contributed by atoms with van der Waals surface area (Å²) in [6.45, 7) is 6.43. The summed E-state index contributed by atoms with van der Waals surface area (Å²) in [5, 5.41) is 0. The van der Waals surface area contributed by atoms with Gasteiger partial charge < -0.3 is 14.5 Å². The van der Waals surface area contributed by atoms with Gasteiger partial charge >= 0.3 is 0 Å². The van der Waals surface area contributed by atoms with Crippen LogP contribution >= 0.6 is 0 Å². The monoisotopic (exact) mass is 385 g/mol. The molecule has 3 fully saturated rings. The molecule has 1 spiro atoms. The maximum atomic E-state index is 13.1. The van der Waals surface area contributed by atoms with E-state index in [4.69, 9.17) is 4.74 Å². The van der Waals surface area contributed by atoms with Crippen LogP contribution in [-0.4, -0.2) is 59.4 Å². The second kappa shape index (κ2) is 8.19. The molecule has 3 aliphatic rings. The standard InChI is InChI=1S/C22H31N3O3/c1-2-24(16-17-3-9-23-10-4-17)21(27)19-15-22(19)7-11-25(12-8-22)20(26)18-5-13-28-14-6-18/h3-4,9-10,18-19H,2,5-8,11-16H2,1H3. The summed E-state index contributed by atoms with van der Waals surface area (Å²) >= 11 is 0. The normalized spacial score (nSPS) is 24.2. The van der Waals surface area contributed by atoms with E-state index in [1.54, 1.807) is 12.4 Å². The van der Waals surface area contributed by atoms with E-state index in [2.05, 4.69) is 4.98 Å². The van der Waals surface area contributed by atoms with Gasteiger partial charge in [0.05, 0.1) is 0 Å². The molecule has 0 aromatic carbocycles. The Kier molecular flexibility index (Phi) is 5.67. The van der Waals surface area contributed by atoms with Crippen molar-refractivity contribution in [3.8, 4) is 0 Å². The first-order valence-electron chi connectivity index (χ1n) is 10.7. The summed E-state index contributed by atoms with van der Waals surface area (Å²) in [7, 11) is 0. The summed E-state index contributed by atoms with van der Waals surface area (Å²) in [6, 6.07) is 3.94. The molecular formula is C22H31N3O3. The molecule has 3 heterocycles. The van der Waals surface area contributed by atoms with E-state index >= 15 is 0 Å². The van der Waals surface area contributed by atoms with Gasteiger partial charge in [-0.2, -0.15) is 0 Å². The number of carbonyl (C=O) groups is 2. The van der Waals surface area contributed by atoms with Gasteiger partial charge in [-0.3, -0.25) is 14.6 Å². The van der Waals surface area contributed by atoms with Crippen LogP contribution in [-0.2, 0) is 20.9 Å². The van der Waals surface area contributed by atoms with Crippen LogP contribution in [0.1, 0.15) is 44.6 Å². The van der Waals surface area contributed by atoms with Crippen molar-refractivity contribution in [2.45, 2.75) is 45.6 Å². The van der Waals surface area contributed by atoms with Gasteiger partial charge in [-0.15, -0.1) is 0 Å². The first-order valence-corrected chi connectivity index (χ1v) is 10.7. The second-order valence-electron chi connectivity index (χ2n) is 8.54. The van der Waals surface area contributed by atoms with Crippen molar-refractivity contribution in [3.63, 3.8) is 0 Å². The lowest BCUT2D eigenvalue weighted by molar-refractivity contribution is -0.140. The third-order valence-corrected chi connectivity index (χ3v) is 6.95. The van der Waals surface area contributed by atoms with E-state index in [0.717, 1.165) is 57.3 Å². The topological polar surface area (TPSA) is 62.7 Å². The Morgan fingerprint density at radius 3 is 2.54 bits per heavy atom. The number of aromatic nitrogens is 1. The number of rotatable bonds is 5. The molecular weight excluding hydrogens is 354 g/mol. The third-order valence-electron chi connectivity index (χ3n) is 6.95. The summed E-state index contributed by atoms with van der Waals surface area (Å²) in [5.74, 6) is 0.850. The highest BCUT2D eigenvalue weighted by Crippen LogP contribution is 2.60. The van der Waals surface area contributed by atoms with Crippen molar-refractivity contribution in [3.05, 3.63) is 30.1 Å². The molecule has 6 nitrogen and oxygen atoms in total. The zero-order chi connectivity index (χ0) is 19.6. The largest absolute Gasteiger partial charge is 0.381 e. The van der Waals surface area contributed by atoms with Crippen molar-refractivity contribution < 1.29 is 14.3 Å². The molecule has 1 saturated carbocycles. The van der Waals surface area contributed by atoms with Crippen molar-refractivity contribution >= 4 is 11.8 Å². The van der Waals surface area contributed by atoms with Gasteiger partial charge in [-0.1, -0.05) is 0 Å². The van der Waals surface area contributed by atoms with E-state index in [1.165, 1.54) is 0 Å². The Bertz CT molecular complexity index is 694. The Labute approximate surface area is 167 Å². The minimum atomic E-state index is 0.134. The van der Waals surface area contributed by atoms with Crippen LogP contribution in [0.2, 0.25) is 0 Å². The third kappa shape index (κ3) is 3.93. The Hall–Kier alpha value is -1.95. The zero-order valence-electron chi connectivity index (χ0n) is 16.8. The molecule has 1 aromatic rings. The van der Waals surface area contributed by atoms with Crippen LogP contribution in [0.4, 0.5) is 0 Å². The number of ether oxygens (including phenoxy) is 1. The molecule has 2 saturated heterocycles. The summed E-state index contributed by atoms with van der Waals surface area (Å²) in [6.07, 6.45) is 8.16. The lowest BCUT2D eigenvalue weighted by Gasteiger charge is -2.36. The van der Waals surface area contributed by atoms with Crippen molar-refractivity contribution in [2.75, 3.05) is 32.8 Å². The van der Waals surface area contributed by atoms with Crippen molar-refractivity contribution in [2.24, 2.45) is 17.3 Å². The molecule has 0 bridgehead atoms. The highest BCUT2D eigenvalue weighted by Gasteiger charge is 2.59. The van der Waals surface area contributed by atoms with E-state index in [1.807, 2.05) is 28.9 Å². The number of pyridine rings is 1. The maximum Gasteiger partial charge on any atom is 0.226 e. The van der Waals surface area contributed by atoms with E-state index in [-0.39, 0.29) is 23.2 Å². The van der Waals surface area contributed by atoms with Gasteiger partial charge in [-0.25, -0.2) is 0 Å². The number of hydrogen-bond acceptors (Lipinski definition) is 4. The first kappa shape index (κ1) is 19.4. The lowest BCUT2D eigenvalue weighted by atomic mass is 9.89. The number of hydrogen-bond donors (Lipinski definition) is 0.